The molecule has 1 saturated carbocycles. The zero-order valence-corrected chi connectivity index (χ0v) is 9.24. The highest BCUT2D eigenvalue weighted by atomic mass is 16.3. The molecule has 1 unspecified atom stereocenters. The van der Waals surface area contributed by atoms with Crippen molar-refractivity contribution in [2.45, 2.75) is 38.3 Å². The van der Waals surface area contributed by atoms with Gasteiger partial charge in [0.05, 0.1) is 0 Å². The summed E-state index contributed by atoms with van der Waals surface area (Å²) >= 11 is 0. The second-order valence-corrected chi connectivity index (χ2v) is 4.36. The van der Waals surface area contributed by atoms with Crippen LogP contribution in [0.5, 0.6) is 0 Å². The van der Waals surface area contributed by atoms with E-state index in [0.29, 0.717) is 12.1 Å². The Balaban J connectivity index is 2.11. The molecule has 0 saturated heterocycles. The minimum atomic E-state index is 0.249. The lowest BCUT2D eigenvalue weighted by Crippen LogP contribution is -2.25. The van der Waals surface area contributed by atoms with Crippen LogP contribution < -0.4 is 5.32 Å². The van der Waals surface area contributed by atoms with Crippen LogP contribution in [0.15, 0.2) is 24.3 Å². The Morgan fingerprint density at radius 3 is 2.73 bits per heavy atom. The van der Waals surface area contributed by atoms with E-state index in [9.17, 15) is 0 Å². The van der Waals surface area contributed by atoms with Gasteiger partial charge < -0.3 is 10.4 Å². The Morgan fingerprint density at radius 1 is 1.40 bits per heavy atom. The maximum atomic E-state index is 9.08. The minimum absolute atomic E-state index is 0.249. The van der Waals surface area contributed by atoms with E-state index in [0.717, 1.165) is 6.42 Å². The van der Waals surface area contributed by atoms with Gasteiger partial charge in [-0.05, 0) is 37.3 Å². The normalized spacial score (nSPS) is 17.7. The summed E-state index contributed by atoms with van der Waals surface area (Å²) in [7, 11) is 0. The second-order valence-electron chi connectivity index (χ2n) is 4.36. The van der Waals surface area contributed by atoms with E-state index in [-0.39, 0.29) is 6.61 Å². The Bertz CT molecular complexity index is 320. The van der Waals surface area contributed by atoms with E-state index >= 15 is 0 Å². The van der Waals surface area contributed by atoms with Crippen molar-refractivity contribution in [2.75, 3.05) is 6.61 Å². The first-order valence-corrected chi connectivity index (χ1v) is 5.73. The lowest BCUT2D eigenvalue weighted by atomic mass is 9.99. The van der Waals surface area contributed by atoms with E-state index < -0.39 is 0 Å². The highest BCUT2D eigenvalue weighted by Gasteiger charge is 2.25. The van der Waals surface area contributed by atoms with Gasteiger partial charge in [-0.1, -0.05) is 24.3 Å². The molecular weight excluding hydrogens is 186 g/mol. The summed E-state index contributed by atoms with van der Waals surface area (Å²) in [6.07, 6.45) is 3.38. The maximum Gasteiger partial charge on any atom is 0.0449 e. The van der Waals surface area contributed by atoms with Gasteiger partial charge in [0.15, 0.2) is 0 Å². The van der Waals surface area contributed by atoms with Crippen LogP contribution >= 0.6 is 0 Å². The van der Waals surface area contributed by atoms with Gasteiger partial charge in [0.1, 0.15) is 0 Å². The van der Waals surface area contributed by atoms with Crippen molar-refractivity contribution in [2.24, 2.45) is 0 Å². The molecule has 82 valence electrons. The Hall–Kier alpha value is -0.860. The highest BCUT2D eigenvalue weighted by molar-refractivity contribution is 5.29. The summed E-state index contributed by atoms with van der Waals surface area (Å²) in [5.41, 5.74) is 2.64. The first-order valence-electron chi connectivity index (χ1n) is 5.73. The van der Waals surface area contributed by atoms with Crippen molar-refractivity contribution in [1.29, 1.82) is 0 Å². The van der Waals surface area contributed by atoms with E-state index in [1.807, 2.05) is 0 Å². The molecule has 2 heteroatoms. The van der Waals surface area contributed by atoms with Crippen LogP contribution in [0, 0.1) is 6.92 Å². The number of aliphatic hydroxyl groups is 1. The lowest BCUT2D eigenvalue weighted by molar-refractivity contribution is 0.264. The molecule has 0 radical (unpaired) electrons. The average Bonchev–Trinajstić information content (AvgIpc) is 3.02. The van der Waals surface area contributed by atoms with E-state index in [1.54, 1.807) is 0 Å². The largest absolute Gasteiger partial charge is 0.396 e. The smallest absolute Gasteiger partial charge is 0.0449 e. The number of nitrogens with one attached hydrogen (secondary N) is 1. The van der Waals surface area contributed by atoms with Gasteiger partial charge in [0.2, 0.25) is 0 Å². The number of benzene rings is 1. The standard InChI is InChI=1S/C13H19NO/c1-10-4-2-3-5-12(10)13(8-9-15)14-11-6-7-11/h2-5,11,13-15H,6-9H2,1H3. The average molecular weight is 205 g/mol. The predicted molar refractivity (Wildman–Crippen MR) is 61.8 cm³/mol. The van der Waals surface area contributed by atoms with E-state index in [4.69, 9.17) is 5.11 Å². The van der Waals surface area contributed by atoms with E-state index in [1.165, 1.54) is 24.0 Å². The molecule has 2 nitrogen and oxygen atoms in total. The summed E-state index contributed by atoms with van der Waals surface area (Å²) in [6, 6.07) is 9.43. The number of hydrogen-bond acceptors (Lipinski definition) is 2. The van der Waals surface area contributed by atoms with Crippen molar-refractivity contribution in [1.82, 2.24) is 5.32 Å². The van der Waals surface area contributed by atoms with Gasteiger partial charge in [0.25, 0.3) is 0 Å². The van der Waals surface area contributed by atoms with Gasteiger partial charge in [0, 0.05) is 18.7 Å². The molecule has 1 aromatic rings. The molecule has 2 rings (SSSR count). The van der Waals surface area contributed by atoms with E-state index in [2.05, 4.69) is 36.5 Å². The van der Waals surface area contributed by atoms with Gasteiger partial charge in [-0.2, -0.15) is 0 Å². The summed E-state index contributed by atoms with van der Waals surface area (Å²) in [5.74, 6) is 0. The second kappa shape index (κ2) is 4.77. The van der Waals surface area contributed by atoms with Crippen LogP contribution in [0.1, 0.15) is 36.4 Å². The molecule has 1 aliphatic rings. The zero-order chi connectivity index (χ0) is 10.7. The van der Waals surface area contributed by atoms with Gasteiger partial charge >= 0.3 is 0 Å². The third-order valence-corrected chi connectivity index (χ3v) is 3.00. The van der Waals surface area contributed by atoms with Crippen LogP contribution in [0.4, 0.5) is 0 Å². The van der Waals surface area contributed by atoms with Crippen molar-refractivity contribution < 1.29 is 5.11 Å². The van der Waals surface area contributed by atoms with Gasteiger partial charge in [-0.15, -0.1) is 0 Å². The maximum absolute atomic E-state index is 9.08. The molecule has 0 aliphatic heterocycles. The molecular formula is C13H19NO. The monoisotopic (exact) mass is 205 g/mol. The predicted octanol–water partition coefficient (Wildman–Crippen LogP) is 2.17. The van der Waals surface area contributed by atoms with Crippen LogP contribution in [0.3, 0.4) is 0 Å². The molecule has 0 amide bonds. The van der Waals surface area contributed by atoms with Gasteiger partial charge in [-0.25, -0.2) is 0 Å². The summed E-state index contributed by atoms with van der Waals surface area (Å²) in [4.78, 5) is 0. The molecule has 1 atom stereocenters. The van der Waals surface area contributed by atoms with Crippen molar-refractivity contribution >= 4 is 0 Å². The van der Waals surface area contributed by atoms with Crippen molar-refractivity contribution in [3.05, 3.63) is 35.4 Å². The van der Waals surface area contributed by atoms with Crippen LogP contribution in [-0.2, 0) is 0 Å². The Morgan fingerprint density at radius 2 is 2.13 bits per heavy atom. The minimum Gasteiger partial charge on any atom is -0.396 e. The number of hydrogen-bond donors (Lipinski definition) is 2. The van der Waals surface area contributed by atoms with Crippen molar-refractivity contribution in [3.63, 3.8) is 0 Å². The molecule has 0 spiro atoms. The third kappa shape index (κ3) is 2.80. The SMILES string of the molecule is Cc1ccccc1C(CCO)NC1CC1. The molecule has 1 aliphatic carbocycles. The first kappa shape index (κ1) is 10.7. The highest BCUT2D eigenvalue weighted by Crippen LogP contribution is 2.27. The number of rotatable bonds is 5. The third-order valence-electron chi connectivity index (χ3n) is 3.00. The lowest BCUT2D eigenvalue weighted by Gasteiger charge is -2.20. The molecule has 0 bridgehead atoms. The topological polar surface area (TPSA) is 32.3 Å². The molecule has 0 heterocycles. The van der Waals surface area contributed by atoms with Gasteiger partial charge in [-0.3, -0.25) is 0 Å². The molecule has 1 aromatic carbocycles. The molecule has 0 aromatic heterocycles. The Labute approximate surface area is 91.3 Å². The number of aryl methyl sites for hydroxylation is 1. The fourth-order valence-corrected chi connectivity index (χ4v) is 1.97. The molecule has 15 heavy (non-hydrogen) atoms. The molecule has 2 N–H and O–H groups in total. The van der Waals surface area contributed by atoms with Crippen molar-refractivity contribution in [3.8, 4) is 0 Å². The first-order chi connectivity index (χ1) is 7.31. The van der Waals surface area contributed by atoms with Crippen LogP contribution in [0.2, 0.25) is 0 Å². The van der Waals surface area contributed by atoms with Crippen LogP contribution in [-0.4, -0.2) is 17.8 Å². The quantitative estimate of drug-likeness (QED) is 0.772. The fraction of sp³-hybridized carbons (Fsp3) is 0.538. The summed E-state index contributed by atoms with van der Waals surface area (Å²) in [6.45, 7) is 2.38. The fourth-order valence-electron chi connectivity index (χ4n) is 1.97. The Kier molecular flexibility index (Phi) is 3.39. The number of aliphatic hydroxyl groups excluding tert-OH is 1. The van der Waals surface area contributed by atoms with Crippen LogP contribution in [0.25, 0.3) is 0 Å². The zero-order valence-electron chi connectivity index (χ0n) is 9.24. The summed E-state index contributed by atoms with van der Waals surface area (Å²) in [5, 5.41) is 12.7. The summed E-state index contributed by atoms with van der Waals surface area (Å²) < 4.78 is 0. The molecule has 1 fully saturated rings.